The fourth-order valence-electron chi connectivity index (χ4n) is 2.78. The molecule has 2 atom stereocenters. The van der Waals surface area contributed by atoms with Crippen molar-refractivity contribution in [2.24, 2.45) is 0 Å². The summed E-state index contributed by atoms with van der Waals surface area (Å²) in [7, 11) is 0. The number of hydrogen-bond acceptors (Lipinski definition) is 3. The Kier molecular flexibility index (Phi) is 3.35. The highest BCUT2D eigenvalue weighted by molar-refractivity contribution is 7.15. The standard InChI is InChI=1S/C15H21N3S/c1-4-11-8-12(5-2)18-15(16-11)9-13(17-18)14-7-6-10(3)19-14/h6-7,9,11-12,16H,4-5,8H2,1-3H3. The lowest BCUT2D eigenvalue weighted by atomic mass is 10.0. The van der Waals surface area contributed by atoms with Gasteiger partial charge >= 0.3 is 0 Å². The Balaban J connectivity index is 1.97. The van der Waals surface area contributed by atoms with Crippen molar-refractivity contribution >= 4 is 17.2 Å². The molecule has 0 fully saturated rings. The van der Waals surface area contributed by atoms with Crippen LogP contribution in [0.15, 0.2) is 18.2 Å². The summed E-state index contributed by atoms with van der Waals surface area (Å²) in [6.07, 6.45) is 3.51. The van der Waals surface area contributed by atoms with E-state index in [-0.39, 0.29) is 0 Å². The quantitative estimate of drug-likeness (QED) is 0.896. The molecule has 0 radical (unpaired) electrons. The van der Waals surface area contributed by atoms with Gasteiger partial charge in [-0.1, -0.05) is 13.8 Å². The molecule has 0 saturated heterocycles. The molecule has 1 aliphatic heterocycles. The van der Waals surface area contributed by atoms with Gasteiger partial charge in [0.25, 0.3) is 0 Å². The van der Waals surface area contributed by atoms with Gasteiger partial charge in [-0.25, -0.2) is 4.68 Å². The summed E-state index contributed by atoms with van der Waals surface area (Å²) >= 11 is 1.82. The minimum absolute atomic E-state index is 0.538. The van der Waals surface area contributed by atoms with Crippen molar-refractivity contribution in [2.45, 2.75) is 52.1 Å². The normalized spacial score (nSPS) is 22.1. The SMILES string of the molecule is CCC1CC(CC)n2nc(-c3ccc(C)s3)cc2N1. The molecule has 0 aromatic carbocycles. The predicted octanol–water partition coefficient (Wildman–Crippen LogP) is 4.47. The average molecular weight is 275 g/mol. The number of nitrogens with one attached hydrogen (secondary N) is 1. The summed E-state index contributed by atoms with van der Waals surface area (Å²) in [6, 6.07) is 7.67. The summed E-state index contributed by atoms with van der Waals surface area (Å²) in [5, 5.41) is 8.43. The van der Waals surface area contributed by atoms with E-state index >= 15 is 0 Å². The zero-order valence-electron chi connectivity index (χ0n) is 11.8. The van der Waals surface area contributed by atoms with Gasteiger partial charge in [0.2, 0.25) is 0 Å². The molecule has 1 N–H and O–H groups in total. The van der Waals surface area contributed by atoms with Crippen molar-refractivity contribution in [3.05, 3.63) is 23.1 Å². The second-order valence-electron chi connectivity index (χ2n) is 5.32. The second kappa shape index (κ2) is 5.00. The molecule has 102 valence electrons. The molecule has 3 nitrogen and oxygen atoms in total. The zero-order chi connectivity index (χ0) is 13.4. The van der Waals surface area contributed by atoms with Gasteiger partial charge in [0.15, 0.2) is 0 Å². The number of aromatic nitrogens is 2. The molecule has 2 aromatic rings. The van der Waals surface area contributed by atoms with Crippen LogP contribution in [-0.4, -0.2) is 15.8 Å². The number of hydrogen-bond donors (Lipinski definition) is 1. The molecule has 2 unspecified atom stereocenters. The molecule has 3 heterocycles. The Labute approximate surface area is 118 Å². The molecule has 0 aliphatic carbocycles. The van der Waals surface area contributed by atoms with E-state index in [4.69, 9.17) is 5.10 Å². The van der Waals surface area contributed by atoms with E-state index in [2.05, 4.69) is 49.0 Å². The van der Waals surface area contributed by atoms with Gasteiger partial charge in [-0.2, -0.15) is 5.10 Å². The maximum absolute atomic E-state index is 4.82. The first kappa shape index (κ1) is 12.7. The van der Waals surface area contributed by atoms with Crippen LogP contribution in [0.5, 0.6) is 0 Å². The zero-order valence-corrected chi connectivity index (χ0v) is 12.6. The van der Waals surface area contributed by atoms with Crippen LogP contribution in [0, 0.1) is 6.92 Å². The van der Waals surface area contributed by atoms with Crippen LogP contribution in [0.1, 0.15) is 44.0 Å². The molecule has 3 rings (SSSR count). The molecule has 1 aliphatic rings. The molecule has 2 aromatic heterocycles. The van der Waals surface area contributed by atoms with E-state index in [1.54, 1.807) is 0 Å². The van der Waals surface area contributed by atoms with Crippen LogP contribution in [0.25, 0.3) is 10.6 Å². The molecule has 19 heavy (non-hydrogen) atoms. The summed E-state index contributed by atoms with van der Waals surface area (Å²) in [5.41, 5.74) is 1.11. The predicted molar refractivity (Wildman–Crippen MR) is 81.9 cm³/mol. The number of fused-ring (bicyclic) bond motifs is 1. The minimum Gasteiger partial charge on any atom is -0.367 e. The van der Waals surface area contributed by atoms with Crippen molar-refractivity contribution in [1.82, 2.24) is 9.78 Å². The van der Waals surface area contributed by atoms with Gasteiger partial charge in [-0.15, -0.1) is 11.3 Å². The molecule has 0 spiro atoms. The molecule has 4 heteroatoms. The van der Waals surface area contributed by atoms with Crippen molar-refractivity contribution in [1.29, 1.82) is 0 Å². The summed E-state index contributed by atoms with van der Waals surface area (Å²) in [4.78, 5) is 2.61. The Morgan fingerprint density at radius 1 is 1.37 bits per heavy atom. The van der Waals surface area contributed by atoms with E-state index in [1.807, 2.05) is 11.3 Å². The van der Waals surface area contributed by atoms with Gasteiger partial charge in [-0.3, -0.25) is 0 Å². The fraction of sp³-hybridized carbons (Fsp3) is 0.533. The van der Waals surface area contributed by atoms with Crippen LogP contribution < -0.4 is 5.32 Å². The van der Waals surface area contributed by atoms with E-state index in [0.717, 1.165) is 12.1 Å². The Morgan fingerprint density at radius 2 is 2.21 bits per heavy atom. The summed E-state index contributed by atoms with van der Waals surface area (Å²) in [6.45, 7) is 6.65. The molecular formula is C15H21N3S. The first-order valence-corrected chi connectivity index (χ1v) is 7.95. The number of thiophene rings is 1. The number of anilines is 1. The Bertz CT molecular complexity index is 570. The van der Waals surface area contributed by atoms with Crippen LogP contribution in [-0.2, 0) is 0 Å². The largest absolute Gasteiger partial charge is 0.367 e. The lowest BCUT2D eigenvalue weighted by Gasteiger charge is -2.31. The topological polar surface area (TPSA) is 29.9 Å². The first-order valence-electron chi connectivity index (χ1n) is 7.14. The third-order valence-corrected chi connectivity index (χ3v) is 4.97. The Hall–Kier alpha value is -1.29. The van der Waals surface area contributed by atoms with E-state index in [9.17, 15) is 0 Å². The molecule has 0 amide bonds. The highest BCUT2D eigenvalue weighted by atomic mass is 32.1. The number of aryl methyl sites for hydroxylation is 1. The third-order valence-electron chi connectivity index (χ3n) is 3.95. The van der Waals surface area contributed by atoms with Gasteiger partial charge in [-0.05, 0) is 38.3 Å². The van der Waals surface area contributed by atoms with Gasteiger partial charge in [0.1, 0.15) is 11.5 Å². The van der Waals surface area contributed by atoms with E-state index in [0.29, 0.717) is 12.1 Å². The van der Waals surface area contributed by atoms with Crippen molar-refractivity contribution < 1.29 is 0 Å². The molecule has 0 saturated carbocycles. The highest BCUT2D eigenvalue weighted by Crippen LogP contribution is 2.35. The van der Waals surface area contributed by atoms with Gasteiger partial charge in [0, 0.05) is 17.0 Å². The second-order valence-corrected chi connectivity index (χ2v) is 6.60. The average Bonchev–Trinajstić information content (AvgIpc) is 3.02. The van der Waals surface area contributed by atoms with Crippen molar-refractivity contribution in [2.75, 3.05) is 5.32 Å². The lowest BCUT2D eigenvalue weighted by molar-refractivity contribution is 0.363. The van der Waals surface area contributed by atoms with Gasteiger partial charge < -0.3 is 5.32 Å². The van der Waals surface area contributed by atoms with Crippen LogP contribution >= 0.6 is 11.3 Å². The van der Waals surface area contributed by atoms with Crippen molar-refractivity contribution in [3.63, 3.8) is 0 Å². The maximum atomic E-state index is 4.82. The Morgan fingerprint density at radius 3 is 2.84 bits per heavy atom. The molecular weight excluding hydrogens is 254 g/mol. The van der Waals surface area contributed by atoms with Crippen LogP contribution in [0.4, 0.5) is 5.82 Å². The third kappa shape index (κ3) is 2.29. The van der Waals surface area contributed by atoms with Crippen LogP contribution in [0.2, 0.25) is 0 Å². The van der Waals surface area contributed by atoms with Gasteiger partial charge in [0.05, 0.1) is 10.9 Å². The maximum Gasteiger partial charge on any atom is 0.125 e. The smallest absolute Gasteiger partial charge is 0.125 e. The van der Waals surface area contributed by atoms with Crippen LogP contribution in [0.3, 0.4) is 0 Å². The minimum atomic E-state index is 0.538. The summed E-state index contributed by atoms with van der Waals surface area (Å²) in [5.74, 6) is 1.19. The highest BCUT2D eigenvalue weighted by Gasteiger charge is 2.26. The fourth-order valence-corrected chi connectivity index (χ4v) is 3.60. The molecule has 0 bridgehead atoms. The monoisotopic (exact) mass is 275 g/mol. The number of nitrogens with zero attached hydrogens (tertiary/aromatic N) is 2. The van der Waals surface area contributed by atoms with E-state index < -0.39 is 0 Å². The van der Waals surface area contributed by atoms with E-state index in [1.165, 1.54) is 28.4 Å². The first-order chi connectivity index (χ1) is 9.21. The lowest BCUT2D eigenvalue weighted by Crippen LogP contribution is -2.31. The number of rotatable bonds is 3. The summed E-state index contributed by atoms with van der Waals surface area (Å²) < 4.78 is 2.19. The van der Waals surface area contributed by atoms with Crippen molar-refractivity contribution in [3.8, 4) is 10.6 Å².